The molecule has 0 atom stereocenters. The van der Waals surface area contributed by atoms with E-state index in [-0.39, 0.29) is 11.3 Å². The van der Waals surface area contributed by atoms with Gasteiger partial charge in [-0.1, -0.05) is 12.1 Å². The summed E-state index contributed by atoms with van der Waals surface area (Å²) < 4.78 is 12.6. The zero-order chi connectivity index (χ0) is 21.0. The van der Waals surface area contributed by atoms with Gasteiger partial charge in [0.1, 0.15) is 5.82 Å². The van der Waals surface area contributed by atoms with Crippen molar-refractivity contribution >= 4 is 33.3 Å². The molecule has 0 aliphatic heterocycles. The van der Waals surface area contributed by atoms with Gasteiger partial charge in [-0.25, -0.2) is 4.68 Å². The van der Waals surface area contributed by atoms with E-state index in [1.54, 1.807) is 37.2 Å². The number of nitrogens with one attached hydrogen (secondary N) is 1. The predicted octanol–water partition coefficient (Wildman–Crippen LogP) is 3.87. The van der Waals surface area contributed by atoms with Crippen LogP contribution in [0, 0.1) is 10.1 Å². The highest BCUT2D eigenvalue weighted by Gasteiger charge is 2.18. The van der Waals surface area contributed by atoms with Gasteiger partial charge < -0.3 is 14.8 Å². The Bertz CT molecular complexity index is 1070. The number of methoxy groups -OCH3 is 2. The predicted molar refractivity (Wildman–Crippen MR) is 110 cm³/mol. The Morgan fingerprint density at radius 1 is 1.24 bits per heavy atom. The molecule has 3 rings (SSSR count). The topological polar surface area (TPSA) is 109 Å². The Balaban J connectivity index is 1.84. The average Bonchev–Trinajstić information content (AvgIpc) is 3.14. The maximum absolute atomic E-state index is 12.6. The normalized spacial score (nSPS) is 10.4. The standard InChI is InChI=1S/C19H17BrN4O5/c1-28-16-5-3-4-13(18(16)29-2)11-23-17(8-9-21-23)22-19(25)12-6-7-14(20)15(10-12)24(26)27/h3-10H,11H2,1-2H3,(H,22,25). The minimum Gasteiger partial charge on any atom is -0.493 e. The van der Waals surface area contributed by atoms with E-state index < -0.39 is 10.8 Å². The number of halogens is 1. The molecule has 0 unspecified atom stereocenters. The second kappa shape index (κ2) is 8.74. The highest BCUT2D eigenvalue weighted by atomic mass is 79.9. The SMILES string of the molecule is COc1cccc(Cn2nccc2NC(=O)c2ccc(Br)c([N+](=O)[O-])c2)c1OC. The molecule has 0 fully saturated rings. The number of hydrogen-bond acceptors (Lipinski definition) is 6. The fourth-order valence-electron chi connectivity index (χ4n) is 2.79. The molecule has 3 aromatic rings. The van der Waals surface area contributed by atoms with E-state index in [0.29, 0.717) is 28.3 Å². The lowest BCUT2D eigenvalue weighted by atomic mass is 10.2. The Labute approximate surface area is 174 Å². The van der Waals surface area contributed by atoms with Crippen LogP contribution in [-0.2, 0) is 6.54 Å². The van der Waals surface area contributed by atoms with Gasteiger partial charge in [0.15, 0.2) is 11.5 Å². The van der Waals surface area contributed by atoms with E-state index in [4.69, 9.17) is 9.47 Å². The molecule has 10 heteroatoms. The number of aromatic nitrogens is 2. The van der Waals surface area contributed by atoms with Gasteiger partial charge in [0.05, 0.1) is 36.4 Å². The second-order valence-electron chi connectivity index (χ2n) is 5.90. The molecule has 1 amide bonds. The van der Waals surface area contributed by atoms with Crippen molar-refractivity contribution in [2.45, 2.75) is 6.54 Å². The summed E-state index contributed by atoms with van der Waals surface area (Å²) in [6.45, 7) is 0.323. The number of nitro benzene ring substituents is 1. The van der Waals surface area contributed by atoms with Gasteiger partial charge in [0, 0.05) is 23.3 Å². The molecule has 1 N–H and O–H groups in total. The number of ether oxygens (including phenoxy) is 2. The largest absolute Gasteiger partial charge is 0.493 e. The van der Waals surface area contributed by atoms with Crippen molar-refractivity contribution in [3.8, 4) is 11.5 Å². The first-order valence-corrected chi connectivity index (χ1v) is 9.21. The van der Waals surface area contributed by atoms with Gasteiger partial charge >= 0.3 is 0 Å². The molecule has 1 aromatic heterocycles. The molecule has 0 radical (unpaired) electrons. The van der Waals surface area contributed by atoms with Gasteiger partial charge in [-0.15, -0.1) is 0 Å². The summed E-state index contributed by atoms with van der Waals surface area (Å²) in [5, 5.41) is 18.1. The summed E-state index contributed by atoms with van der Waals surface area (Å²) >= 11 is 3.11. The van der Waals surface area contributed by atoms with Gasteiger partial charge in [0.25, 0.3) is 11.6 Å². The second-order valence-corrected chi connectivity index (χ2v) is 6.76. The van der Waals surface area contributed by atoms with Crippen LogP contribution in [0.5, 0.6) is 11.5 Å². The highest BCUT2D eigenvalue weighted by Crippen LogP contribution is 2.31. The number of rotatable bonds is 7. The highest BCUT2D eigenvalue weighted by molar-refractivity contribution is 9.10. The van der Waals surface area contributed by atoms with Crippen molar-refractivity contribution in [1.82, 2.24) is 9.78 Å². The monoisotopic (exact) mass is 460 g/mol. The third-order valence-corrected chi connectivity index (χ3v) is 4.84. The van der Waals surface area contributed by atoms with Crippen LogP contribution >= 0.6 is 15.9 Å². The Morgan fingerprint density at radius 2 is 2.03 bits per heavy atom. The molecule has 2 aromatic carbocycles. The van der Waals surface area contributed by atoms with E-state index in [1.165, 1.54) is 18.2 Å². The summed E-state index contributed by atoms with van der Waals surface area (Å²) in [5.41, 5.74) is 0.782. The molecule has 29 heavy (non-hydrogen) atoms. The van der Waals surface area contributed by atoms with E-state index in [9.17, 15) is 14.9 Å². The summed E-state index contributed by atoms with van der Waals surface area (Å²) in [5.74, 6) is 1.11. The van der Waals surface area contributed by atoms with Crippen LogP contribution in [0.15, 0.2) is 53.1 Å². The van der Waals surface area contributed by atoms with E-state index in [2.05, 4.69) is 26.3 Å². The number of carbonyl (C=O) groups is 1. The molecule has 0 bridgehead atoms. The quantitative estimate of drug-likeness (QED) is 0.423. The van der Waals surface area contributed by atoms with Crippen LogP contribution in [0.25, 0.3) is 0 Å². The zero-order valence-electron chi connectivity index (χ0n) is 15.6. The third-order valence-electron chi connectivity index (χ3n) is 4.17. The van der Waals surface area contributed by atoms with Crippen LogP contribution in [0.3, 0.4) is 0 Å². The van der Waals surface area contributed by atoms with Gasteiger partial charge in [0.2, 0.25) is 0 Å². The summed E-state index contributed by atoms with van der Waals surface area (Å²) in [6, 6.07) is 11.3. The van der Waals surface area contributed by atoms with Crippen LogP contribution in [-0.4, -0.2) is 34.8 Å². The van der Waals surface area contributed by atoms with Crippen molar-refractivity contribution in [3.63, 3.8) is 0 Å². The molecule has 150 valence electrons. The van der Waals surface area contributed by atoms with Crippen LogP contribution < -0.4 is 14.8 Å². The first-order chi connectivity index (χ1) is 13.9. The summed E-state index contributed by atoms with van der Waals surface area (Å²) in [6.07, 6.45) is 1.55. The Hall–Kier alpha value is -3.40. The minimum absolute atomic E-state index is 0.159. The zero-order valence-corrected chi connectivity index (χ0v) is 17.2. The summed E-state index contributed by atoms with van der Waals surface area (Å²) in [4.78, 5) is 23.1. The molecule has 9 nitrogen and oxygen atoms in total. The van der Waals surface area contributed by atoms with Gasteiger partial charge in [-0.05, 0) is 34.1 Å². The maximum Gasteiger partial charge on any atom is 0.284 e. The number of carbonyl (C=O) groups excluding carboxylic acids is 1. The van der Waals surface area contributed by atoms with Crippen LogP contribution in [0.2, 0.25) is 0 Å². The third kappa shape index (κ3) is 4.37. The van der Waals surface area contributed by atoms with Crippen LogP contribution in [0.1, 0.15) is 15.9 Å². The first kappa shape index (κ1) is 20.3. The van der Waals surface area contributed by atoms with Gasteiger partial charge in [-0.2, -0.15) is 5.10 Å². The van der Waals surface area contributed by atoms with Crippen molar-refractivity contribution < 1.29 is 19.2 Å². The lowest BCUT2D eigenvalue weighted by molar-refractivity contribution is -0.385. The molecule has 1 heterocycles. The lowest BCUT2D eigenvalue weighted by Gasteiger charge is -2.14. The summed E-state index contributed by atoms with van der Waals surface area (Å²) in [7, 11) is 3.10. The van der Waals surface area contributed by atoms with Crippen LogP contribution in [0.4, 0.5) is 11.5 Å². The molecule has 0 spiro atoms. The first-order valence-electron chi connectivity index (χ1n) is 8.41. The number of amides is 1. The number of hydrogen-bond donors (Lipinski definition) is 1. The Kier molecular flexibility index (Phi) is 6.13. The minimum atomic E-state index is -0.555. The molecular weight excluding hydrogens is 444 g/mol. The number of para-hydroxylation sites is 1. The average molecular weight is 461 g/mol. The van der Waals surface area contributed by atoms with E-state index in [1.807, 2.05) is 12.1 Å². The number of nitro groups is 1. The van der Waals surface area contributed by atoms with Gasteiger partial charge in [-0.3, -0.25) is 14.9 Å². The van der Waals surface area contributed by atoms with Crippen molar-refractivity contribution in [1.29, 1.82) is 0 Å². The van der Waals surface area contributed by atoms with Crippen molar-refractivity contribution in [2.24, 2.45) is 0 Å². The van der Waals surface area contributed by atoms with E-state index in [0.717, 1.165) is 5.56 Å². The molecule has 0 saturated heterocycles. The number of nitrogens with zero attached hydrogens (tertiary/aromatic N) is 3. The fraction of sp³-hybridized carbons (Fsp3) is 0.158. The van der Waals surface area contributed by atoms with E-state index >= 15 is 0 Å². The van der Waals surface area contributed by atoms with Crippen molar-refractivity contribution in [3.05, 3.63) is 74.4 Å². The number of anilines is 1. The molecule has 0 aliphatic rings. The fourth-order valence-corrected chi connectivity index (χ4v) is 3.18. The maximum atomic E-state index is 12.6. The van der Waals surface area contributed by atoms with Crippen molar-refractivity contribution in [2.75, 3.05) is 19.5 Å². The molecule has 0 saturated carbocycles. The Morgan fingerprint density at radius 3 is 2.72 bits per heavy atom. The molecular formula is C19H17BrN4O5. The lowest BCUT2D eigenvalue weighted by Crippen LogP contribution is -2.16. The smallest absolute Gasteiger partial charge is 0.284 e. The molecule has 0 aliphatic carbocycles. The number of benzene rings is 2.